The number of nitrogens with zero attached hydrogens (tertiary/aromatic N) is 1. The Kier molecular flexibility index (Phi) is 5.37. The first-order valence-corrected chi connectivity index (χ1v) is 8.73. The van der Waals surface area contributed by atoms with Crippen molar-refractivity contribution in [2.45, 2.75) is 19.5 Å². The number of amides is 1. The summed E-state index contributed by atoms with van der Waals surface area (Å²) in [5.74, 6) is 0.716. The van der Waals surface area contributed by atoms with Crippen LogP contribution in [0, 0.1) is 0 Å². The molecule has 1 heterocycles. The minimum Gasteiger partial charge on any atom is -0.497 e. The van der Waals surface area contributed by atoms with Crippen molar-refractivity contribution in [1.82, 2.24) is 9.88 Å². The van der Waals surface area contributed by atoms with E-state index in [1.54, 1.807) is 42.9 Å². The second-order valence-corrected chi connectivity index (χ2v) is 6.59. The molecular formula is C20H19ClN2O4. The molecule has 6 nitrogen and oxygen atoms in total. The van der Waals surface area contributed by atoms with Gasteiger partial charge in [-0.2, -0.15) is 0 Å². The van der Waals surface area contributed by atoms with Gasteiger partial charge in [-0.25, -0.2) is 4.79 Å². The second-order valence-electron chi connectivity index (χ2n) is 6.18. The third-order valence-corrected chi connectivity index (χ3v) is 4.72. The molecule has 0 aliphatic rings. The number of nitrogens with one attached hydrogen (secondary N) is 1. The molecule has 2 N–H and O–H groups in total. The third kappa shape index (κ3) is 3.90. The molecule has 0 saturated carbocycles. The number of hydrogen-bond donors (Lipinski definition) is 2. The SMILES string of the molecule is COc1ccc(Cn2c(C(C)NC(=O)O)cc3cccc(Cl)c3c2=O)cc1. The van der Waals surface area contributed by atoms with E-state index >= 15 is 0 Å². The van der Waals surface area contributed by atoms with Gasteiger partial charge in [-0.3, -0.25) is 4.79 Å². The fraction of sp³-hybridized carbons (Fsp3) is 0.200. The van der Waals surface area contributed by atoms with Crippen LogP contribution in [0.4, 0.5) is 4.79 Å². The molecular weight excluding hydrogens is 368 g/mol. The van der Waals surface area contributed by atoms with E-state index < -0.39 is 12.1 Å². The Labute approximate surface area is 161 Å². The molecule has 0 spiro atoms. The van der Waals surface area contributed by atoms with Crippen LogP contribution in [0.3, 0.4) is 0 Å². The van der Waals surface area contributed by atoms with E-state index in [2.05, 4.69) is 5.32 Å². The van der Waals surface area contributed by atoms with Crippen LogP contribution in [0.2, 0.25) is 5.02 Å². The summed E-state index contributed by atoms with van der Waals surface area (Å²) < 4.78 is 6.71. The zero-order valence-electron chi connectivity index (χ0n) is 14.9. The summed E-state index contributed by atoms with van der Waals surface area (Å²) in [6.07, 6.45) is -1.16. The Morgan fingerprint density at radius 3 is 2.59 bits per heavy atom. The first kappa shape index (κ1) is 18.8. The molecule has 0 aliphatic carbocycles. The van der Waals surface area contributed by atoms with Gasteiger partial charge in [0.25, 0.3) is 5.56 Å². The molecule has 0 radical (unpaired) electrons. The van der Waals surface area contributed by atoms with E-state index in [-0.39, 0.29) is 12.1 Å². The summed E-state index contributed by atoms with van der Waals surface area (Å²) in [6, 6.07) is 13.8. The first-order chi connectivity index (χ1) is 12.9. The highest BCUT2D eigenvalue weighted by atomic mass is 35.5. The zero-order chi connectivity index (χ0) is 19.6. The molecule has 1 amide bonds. The highest BCUT2D eigenvalue weighted by Crippen LogP contribution is 2.24. The Hall–Kier alpha value is -2.99. The molecule has 0 saturated heterocycles. The first-order valence-electron chi connectivity index (χ1n) is 8.35. The number of methoxy groups -OCH3 is 1. The Morgan fingerprint density at radius 1 is 1.26 bits per heavy atom. The van der Waals surface area contributed by atoms with E-state index in [1.165, 1.54) is 0 Å². The van der Waals surface area contributed by atoms with Crippen LogP contribution in [0.5, 0.6) is 5.75 Å². The molecule has 3 rings (SSSR count). The Morgan fingerprint density at radius 2 is 1.96 bits per heavy atom. The minimum absolute atomic E-state index is 0.261. The number of pyridine rings is 1. The summed E-state index contributed by atoms with van der Waals surface area (Å²) in [7, 11) is 1.59. The third-order valence-electron chi connectivity index (χ3n) is 4.40. The number of carboxylic acid groups (broad SMARTS) is 1. The van der Waals surface area contributed by atoms with Crippen LogP contribution in [-0.2, 0) is 6.54 Å². The smallest absolute Gasteiger partial charge is 0.405 e. The van der Waals surface area contributed by atoms with Crippen LogP contribution in [0.15, 0.2) is 53.3 Å². The molecule has 27 heavy (non-hydrogen) atoms. The van der Waals surface area contributed by atoms with Crippen molar-refractivity contribution in [1.29, 1.82) is 0 Å². The quantitative estimate of drug-likeness (QED) is 0.693. The molecule has 1 aromatic heterocycles. The van der Waals surface area contributed by atoms with Gasteiger partial charge in [-0.05, 0) is 42.1 Å². The predicted molar refractivity (Wildman–Crippen MR) is 105 cm³/mol. The van der Waals surface area contributed by atoms with Crippen molar-refractivity contribution in [2.75, 3.05) is 7.11 Å². The molecule has 2 aromatic carbocycles. The molecule has 3 aromatic rings. The lowest BCUT2D eigenvalue weighted by atomic mass is 10.1. The maximum Gasteiger partial charge on any atom is 0.405 e. The minimum atomic E-state index is -1.16. The second kappa shape index (κ2) is 7.72. The van der Waals surface area contributed by atoms with E-state index in [1.807, 2.05) is 24.3 Å². The van der Waals surface area contributed by atoms with Gasteiger partial charge in [0.05, 0.1) is 30.1 Å². The highest BCUT2D eigenvalue weighted by Gasteiger charge is 2.18. The van der Waals surface area contributed by atoms with Crippen LogP contribution in [0.1, 0.15) is 24.2 Å². The summed E-state index contributed by atoms with van der Waals surface area (Å²) in [6.45, 7) is 1.98. The van der Waals surface area contributed by atoms with Crippen molar-refractivity contribution in [2.24, 2.45) is 0 Å². The van der Waals surface area contributed by atoms with Gasteiger partial charge in [0.15, 0.2) is 0 Å². The molecule has 140 valence electrons. The topological polar surface area (TPSA) is 80.6 Å². The monoisotopic (exact) mass is 386 g/mol. The lowest BCUT2D eigenvalue weighted by molar-refractivity contribution is 0.190. The predicted octanol–water partition coefficient (Wildman–Crippen LogP) is 4.04. The van der Waals surface area contributed by atoms with Gasteiger partial charge in [0.2, 0.25) is 0 Å². The zero-order valence-corrected chi connectivity index (χ0v) is 15.7. The maximum atomic E-state index is 13.2. The van der Waals surface area contributed by atoms with Crippen molar-refractivity contribution in [3.05, 3.63) is 75.2 Å². The molecule has 0 aliphatic heterocycles. The van der Waals surface area contributed by atoms with Crippen LogP contribution in [0.25, 0.3) is 10.8 Å². The molecule has 0 fully saturated rings. The highest BCUT2D eigenvalue weighted by molar-refractivity contribution is 6.35. The molecule has 1 atom stereocenters. The van der Waals surface area contributed by atoms with Crippen LogP contribution >= 0.6 is 11.6 Å². The van der Waals surface area contributed by atoms with E-state index in [4.69, 9.17) is 21.4 Å². The number of benzene rings is 2. The number of hydrogen-bond acceptors (Lipinski definition) is 3. The largest absolute Gasteiger partial charge is 0.497 e. The van der Waals surface area contributed by atoms with Crippen molar-refractivity contribution in [3.8, 4) is 5.75 Å². The van der Waals surface area contributed by atoms with E-state index in [0.29, 0.717) is 27.2 Å². The van der Waals surface area contributed by atoms with Crippen LogP contribution < -0.4 is 15.6 Å². The lowest BCUT2D eigenvalue weighted by Crippen LogP contribution is -2.32. The molecule has 0 bridgehead atoms. The summed E-state index contributed by atoms with van der Waals surface area (Å²) in [4.78, 5) is 24.3. The van der Waals surface area contributed by atoms with Crippen molar-refractivity contribution < 1.29 is 14.6 Å². The lowest BCUT2D eigenvalue weighted by Gasteiger charge is -2.20. The molecule has 7 heteroatoms. The number of aromatic nitrogens is 1. The normalized spacial score (nSPS) is 12.0. The number of ether oxygens (including phenoxy) is 1. The summed E-state index contributed by atoms with van der Waals surface area (Å²) in [5.41, 5.74) is 1.18. The van der Waals surface area contributed by atoms with Gasteiger partial charge in [-0.1, -0.05) is 35.9 Å². The summed E-state index contributed by atoms with van der Waals surface area (Å²) in [5, 5.41) is 12.9. The van der Waals surface area contributed by atoms with Gasteiger partial charge in [0.1, 0.15) is 5.75 Å². The number of fused-ring (bicyclic) bond motifs is 1. The van der Waals surface area contributed by atoms with Crippen molar-refractivity contribution in [3.63, 3.8) is 0 Å². The number of rotatable bonds is 5. The Balaban J connectivity index is 2.17. The average molecular weight is 387 g/mol. The fourth-order valence-corrected chi connectivity index (χ4v) is 3.33. The van der Waals surface area contributed by atoms with E-state index in [9.17, 15) is 9.59 Å². The fourth-order valence-electron chi connectivity index (χ4n) is 3.07. The maximum absolute atomic E-state index is 13.2. The van der Waals surface area contributed by atoms with Gasteiger partial charge >= 0.3 is 6.09 Å². The van der Waals surface area contributed by atoms with Gasteiger partial charge in [0, 0.05) is 5.69 Å². The van der Waals surface area contributed by atoms with Crippen LogP contribution in [-0.4, -0.2) is 22.9 Å². The number of carbonyl (C=O) groups is 1. The van der Waals surface area contributed by atoms with Gasteiger partial charge in [-0.15, -0.1) is 0 Å². The molecule has 1 unspecified atom stereocenters. The Bertz CT molecular complexity index is 1040. The van der Waals surface area contributed by atoms with Crippen molar-refractivity contribution >= 4 is 28.5 Å². The van der Waals surface area contributed by atoms with Gasteiger partial charge < -0.3 is 19.7 Å². The average Bonchev–Trinajstić information content (AvgIpc) is 2.63. The summed E-state index contributed by atoms with van der Waals surface area (Å²) >= 11 is 6.25. The number of halogens is 1. The standard InChI is InChI=1S/C20H19ClN2O4/c1-12(22-20(25)26)17-10-14-4-3-5-16(21)18(14)19(24)23(17)11-13-6-8-15(27-2)9-7-13/h3-10,12,22H,11H2,1-2H3,(H,25,26). The van der Waals surface area contributed by atoms with E-state index in [0.717, 1.165) is 5.56 Å².